The van der Waals surface area contributed by atoms with Crippen molar-refractivity contribution >= 4 is 11.6 Å². The third-order valence-electron chi connectivity index (χ3n) is 3.29. The number of carboxylic acid groups (broad SMARTS) is 1. The van der Waals surface area contributed by atoms with E-state index in [1.807, 2.05) is 0 Å². The minimum atomic E-state index is -1.01. The van der Waals surface area contributed by atoms with Crippen LogP contribution in [0.4, 0.5) is 0 Å². The van der Waals surface area contributed by atoms with Crippen molar-refractivity contribution in [1.82, 2.24) is 19.8 Å². The van der Waals surface area contributed by atoms with Crippen LogP contribution in [-0.4, -0.2) is 30.9 Å². The molecule has 0 atom stereocenters. The summed E-state index contributed by atoms with van der Waals surface area (Å²) in [5.74, 6) is -0.635. The van der Waals surface area contributed by atoms with E-state index in [1.165, 1.54) is 29.6 Å². The van der Waals surface area contributed by atoms with Gasteiger partial charge in [-0.25, -0.2) is 9.78 Å². The molecule has 1 aliphatic rings. The Labute approximate surface area is 97.3 Å². The van der Waals surface area contributed by atoms with Crippen LogP contribution in [0.3, 0.4) is 0 Å². The predicted molar refractivity (Wildman–Crippen MR) is 59.0 cm³/mol. The molecule has 1 N–H and O–H groups in total. The molecule has 0 unspecified atom stereocenters. The van der Waals surface area contributed by atoms with Crippen molar-refractivity contribution in [2.45, 2.75) is 31.6 Å². The third-order valence-corrected chi connectivity index (χ3v) is 3.29. The van der Waals surface area contributed by atoms with Crippen molar-refractivity contribution in [3.8, 4) is 0 Å². The first-order chi connectivity index (χ1) is 8.27. The minimum absolute atomic E-state index is 0.103. The Balaban J connectivity index is 2.15. The standard InChI is InChI=1S/C11H12N4O2/c16-11(17)8-5-6-12-10-9(13-14-15(8)10)7-3-1-2-4-7/h5-7H,1-4H2,(H,16,17). The lowest BCUT2D eigenvalue weighted by atomic mass is 10.0. The van der Waals surface area contributed by atoms with Gasteiger partial charge in [0, 0.05) is 12.1 Å². The van der Waals surface area contributed by atoms with E-state index < -0.39 is 5.97 Å². The Hall–Kier alpha value is -1.98. The van der Waals surface area contributed by atoms with Crippen molar-refractivity contribution in [2.24, 2.45) is 0 Å². The van der Waals surface area contributed by atoms with E-state index in [4.69, 9.17) is 5.11 Å². The quantitative estimate of drug-likeness (QED) is 0.848. The maximum atomic E-state index is 11.0. The van der Waals surface area contributed by atoms with Crippen LogP contribution in [0.15, 0.2) is 12.3 Å². The highest BCUT2D eigenvalue weighted by Gasteiger charge is 2.24. The molecule has 2 aromatic rings. The van der Waals surface area contributed by atoms with E-state index in [0.29, 0.717) is 11.6 Å². The predicted octanol–water partition coefficient (Wildman–Crippen LogP) is 1.48. The summed E-state index contributed by atoms with van der Waals surface area (Å²) in [7, 11) is 0. The molecule has 2 heterocycles. The minimum Gasteiger partial charge on any atom is -0.477 e. The van der Waals surface area contributed by atoms with Crippen molar-refractivity contribution in [1.29, 1.82) is 0 Å². The number of hydrogen-bond donors (Lipinski definition) is 1. The molecular formula is C11H12N4O2. The van der Waals surface area contributed by atoms with Crippen molar-refractivity contribution in [2.75, 3.05) is 0 Å². The zero-order chi connectivity index (χ0) is 11.8. The SMILES string of the molecule is O=C(O)c1ccnc2c(C3CCCC3)nnn12. The molecule has 0 aliphatic heterocycles. The molecule has 6 nitrogen and oxygen atoms in total. The summed E-state index contributed by atoms with van der Waals surface area (Å²) in [4.78, 5) is 15.2. The summed E-state index contributed by atoms with van der Waals surface area (Å²) < 4.78 is 1.32. The fourth-order valence-electron chi connectivity index (χ4n) is 2.45. The number of aromatic carboxylic acids is 1. The van der Waals surface area contributed by atoms with Crippen molar-refractivity contribution < 1.29 is 9.90 Å². The number of aromatic nitrogens is 4. The van der Waals surface area contributed by atoms with Gasteiger partial charge in [-0.15, -0.1) is 5.10 Å². The van der Waals surface area contributed by atoms with E-state index >= 15 is 0 Å². The van der Waals surface area contributed by atoms with Gasteiger partial charge >= 0.3 is 5.97 Å². The fraction of sp³-hybridized carbons (Fsp3) is 0.455. The maximum Gasteiger partial charge on any atom is 0.354 e. The number of carbonyl (C=O) groups is 1. The maximum absolute atomic E-state index is 11.0. The molecule has 1 saturated carbocycles. The lowest BCUT2D eigenvalue weighted by Crippen LogP contribution is -2.07. The normalized spacial score (nSPS) is 16.7. The first-order valence-corrected chi connectivity index (χ1v) is 5.71. The number of carboxylic acids is 1. The molecule has 1 fully saturated rings. The van der Waals surface area contributed by atoms with Gasteiger partial charge in [0.25, 0.3) is 0 Å². The highest BCUT2D eigenvalue weighted by molar-refractivity contribution is 5.86. The smallest absolute Gasteiger partial charge is 0.354 e. The average Bonchev–Trinajstić information content (AvgIpc) is 2.96. The molecule has 17 heavy (non-hydrogen) atoms. The molecule has 88 valence electrons. The van der Waals surface area contributed by atoms with Gasteiger partial charge < -0.3 is 5.11 Å². The van der Waals surface area contributed by atoms with Crippen LogP contribution in [0.5, 0.6) is 0 Å². The number of fused-ring (bicyclic) bond motifs is 1. The van der Waals surface area contributed by atoms with Gasteiger partial charge in [-0.05, 0) is 18.9 Å². The molecule has 1 aliphatic carbocycles. The van der Waals surface area contributed by atoms with Crippen molar-refractivity contribution in [3.05, 3.63) is 23.7 Å². The zero-order valence-electron chi connectivity index (χ0n) is 9.20. The van der Waals surface area contributed by atoms with Crippen LogP contribution in [0.2, 0.25) is 0 Å². The molecule has 0 radical (unpaired) electrons. The van der Waals surface area contributed by atoms with Crippen LogP contribution in [0, 0.1) is 0 Å². The number of hydrogen-bond acceptors (Lipinski definition) is 4. The van der Waals surface area contributed by atoms with Gasteiger partial charge in [-0.3, -0.25) is 0 Å². The number of nitrogens with zero attached hydrogens (tertiary/aromatic N) is 4. The number of rotatable bonds is 2. The Kier molecular flexibility index (Phi) is 2.28. The van der Waals surface area contributed by atoms with Gasteiger partial charge in [0.05, 0.1) is 0 Å². The van der Waals surface area contributed by atoms with E-state index in [1.54, 1.807) is 0 Å². The lowest BCUT2D eigenvalue weighted by molar-refractivity contribution is 0.0687. The summed E-state index contributed by atoms with van der Waals surface area (Å²) in [6.07, 6.45) is 6.08. The Morgan fingerprint density at radius 1 is 1.41 bits per heavy atom. The molecule has 0 bridgehead atoms. The molecule has 0 amide bonds. The third kappa shape index (κ3) is 1.56. The molecule has 0 spiro atoms. The summed E-state index contributed by atoms with van der Waals surface area (Å²) in [6.45, 7) is 0. The molecule has 3 rings (SSSR count). The Morgan fingerprint density at radius 3 is 2.88 bits per heavy atom. The zero-order valence-corrected chi connectivity index (χ0v) is 9.20. The van der Waals surface area contributed by atoms with E-state index in [9.17, 15) is 4.79 Å². The van der Waals surface area contributed by atoms with Crippen LogP contribution < -0.4 is 0 Å². The molecule has 0 saturated heterocycles. The fourth-order valence-corrected chi connectivity index (χ4v) is 2.45. The largest absolute Gasteiger partial charge is 0.477 e. The second kappa shape index (κ2) is 3.80. The Morgan fingerprint density at radius 2 is 2.18 bits per heavy atom. The average molecular weight is 232 g/mol. The van der Waals surface area contributed by atoms with Crippen molar-refractivity contribution in [3.63, 3.8) is 0 Å². The topological polar surface area (TPSA) is 80.4 Å². The Bertz CT molecular complexity index is 572. The lowest BCUT2D eigenvalue weighted by Gasteiger charge is -2.04. The van der Waals surface area contributed by atoms with Gasteiger partial charge in [0.2, 0.25) is 0 Å². The van der Waals surface area contributed by atoms with Crippen LogP contribution in [0.25, 0.3) is 5.65 Å². The highest BCUT2D eigenvalue weighted by atomic mass is 16.4. The van der Waals surface area contributed by atoms with E-state index in [-0.39, 0.29) is 5.69 Å². The van der Waals surface area contributed by atoms with Gasteiger partial charge in [0.1, 0.15) is 5.69 Å². The van der Waals surface area contributed by atoms with E-state index in [2.05, 4.69) is 15.3 Å². The first-order valence-electron chi connectivity index (χ1n) is 5.71. The second-order valence-corrected chi connectivity index (χ2v) is 4.33. The van der Waals surface area contributed by atoms with Crippen LogP contribution in [-0.2, 0) is 0 Å². The van der Waals surface area contributed by atoms with E-state index in [0.717, 1.165) is 18.5 Å². The van der Waals surface area contributed by atoms with Gasteiger partial charge in [0.15, 0.2) is 11.3 Å². The molecule has 6 heteroatoms. The summed E-state index contributed by atoms with van der Waals surface area (Å²) in [6, 6.07) is 1.43. The second-order valence-electron chi connectivity index (χ2n) is 4.33. The highest BCUT2D eigenvalue weighted by Crippen LogP contribution is 2.34. The van der Waals surface area contributed by atoms with Crippen LogP contribution >= 0.6 is 0 Å². The molecular weight excluding hydrogens is 220 g/mol. The van der Waals surface area contributed by atoms with Gasteiger partial charge in [-0.2, -0.15) is 4.52 Å². The summed E-state index contributed by atoms with van der Waals surface area (Å²) in [5, 5.41) is 17.1. The summed E-state index contributed by atoms with van der Waals surface area (Å²) >= 11 is 0. The van der Waals surface area contributed by atoms with Gasteiger partial charge in [-0.1, -0.05) is 18.1 Å². The summed E-state index contributed by atoms with van der Waals surface area (Å²) in [5.41, 5.74) is 1.52. The molecule has 2 aromatic heterocycles. The van der Waals surface area contributed by atoms with Crippen LogP contribution in [0.1, 0.15) is 47.8 Å². The first kappa shape index (κ1) is 10.2. The monoisotopic (exact) mass is 232 g/mol. The molecule has 0 aromatic carbocycles.